The Kier molecular flexibility index (Phi) is 2.42. The summed E-state index contributed by atoms with van der Waals surface area (Å²) in [5, 5.41) is 0. The highest BCUT2D eigenvalue weighted by molar-refractivity contribution is 6.28. The molecule has 0 aliphatic heterocycles. The predicted molar refractivity (Wildman–Crippen MR) is 69.9 cm³/mol. The molecule has 0 saturated carbocycles. The second kappa shape index (κ2) is 3.99. The van der Waals surface area contributed by atoms with Crippen LogP contribution >= 0.6 is 0 Å². The number of fused-ring (bicyclic) bond motifs is 2. The summed E-state index contributed by atoms with van der Waals surface area (Å²) < 4.78 is 0. The maximum atomic E-state index is 12.4. The van der Waals surface area contributed by atoms with E-state index in [1.165, 1.54) is 6.07 Å². The van der Waals surface area contributed by atoms with Gasteiger partial charge in [-0.25, -0.2) is 0 Å². The first kappa shape index (κ1) is 11.5. The first-order valence-electron chi connectivity index (χ1n) is 5.91. The van der Waals surface area contributed by atoms with Crippen LogP contribution in [0.15, 0.2) is 36.4 Å². The lowest BCUT2D eigenvalue weighted by Crippen LogP contribution is -2.21. The maximum Gasteiger partial charge on any atom is 0.194 e. The van der Waals surface area contributed by atoms with Crippen LogP contribution in [0.1, 0.15) is 47.8 Å². The molecule has 0 bridgehead atoms. The van der Waals surface area contributed by atoms with E-state index in [1.54, 1.807) is 24.3 Å². The number of hydrogen-bond acceptors (Lipinski definition) is 3. The van der Waals surface area contributed by atoms with E-state index >= 15 is 0 Å². The van der Waals surface area contributed by atoms with E-state index < -0.39 is 0 Å². The van der Waals surface area contributed by atoms with Gasteiger partial charge < -0.3 is 0 Å². The van der Waals surface area contributed by atoms with Crippen molar-refractivity contribution in [2.24, 2.45) is 0 Å². The Morgan fingerprint density at radius 2 is 1.37 bits per heavy atom. The van der Waals surface area contributed by atoms with Crippen molar-refractivity contribution in [1.82, 2.24) is 0 Å². The Bertz CT molecular complexity index is 742. The van der Waals surface area contributed by atoms with Gasteiger partial charge in [0.1, 0.15) is 6.29 Å². The van der Waals surface area contributed by atoms with E-state index in [2.05, 4.69) is 0 Å². The van der Waals surface area contributed by atoms with Crippen LogP contribution in [-0.2, 0) is 0 Å². The van der Waals surface area contributed by atoms with Gasteiger partial charge in [-0.3, -0.25) is 14.4 Å². The van der Waals surface area contributed by atoms with Gasteiger partial charge in [-0.2, -0.15) is 0 Å². The van der Waals surface area contributed by atoms with Crippen LogP contribution in [0.25, 0.3) is 0 Å². The number of aryl methyl sites for hydroxylation is 1. The van der Waals surface area contributed by atoms with Crippen molar-refractivity contribution in [3.63, 3.8) is 0 Å². The quantitative estimate of drug-likeness (QED) is 0.624. The second-order valence-electron chi connectivity index (χ2n) is 4.63. The van der Waals surface area contributed by atoms with Crippen molar-refractivity contribution in [2.75, 3.05) is 0 Å². The molecule has 0 atom stereocenters. The van der Waals surface area contributed by atoms with Crippen LogP contribution in [0.4, 0.5) is 0 Å². The number of rotatable bonds is 1. The lowest BCUT2D eigenvalue weighted by atomic mass is 9.83. The molecule has 0 unspecified atom stereocenters. The van der Waals surface area contributed by atoms with Gasteiger partial charge in [-0.15, -0.1) is 0 Å². The molecule has 1 aliphatic rings. The number of aldehydes is 1. The molecule has 0 spiro atoms. The van der Waals surface area contributed by atoms with Gasteiger partial charge in [0.2, 0.25) is 0 Å². The van der Waals surface area contributed by atoms with Crippen LogP contribution in [0.2, 0.25) is 0 Å². The summed E-state index contributed by atoms with van der Waals surface area (Å²) in [6.45, 7) is 1.87. The van der Waals surface area contributed by atoms with Crippen molar-refractivity contribution in [1.29, 1.82) is 0 Å². The number of ketones is 2. The zero-order chi connectivity index (χ0) is 13.6. The minimum absolute atomic E-state index is 0.165. The fraction of sp³-hybridized carbons (Fsp3) is 0.0625. The van der Waals surface area contributed by atoms with E-state index in [0.29, 0.717) is 34.1 Å². The molecule has 0 radical (unpaired) electrons. The number of carbonyl (C=O) groups is 3. The fourth-order valence-electron chi connectivity index (χ4n) is 2.36. The minimum atomic E-state index is -0.197. The van der Waals surface area contributed by atoms with Crippen molar-refractivity contribution < 1.29 is 14.4 Å². The van der Waals surface area contributed by atoms with Crippen molar-refractivity contribution >= 4 is 17.9 Å². The topological polar surface area (TPSA) is 51.2 Å². The average molecular weight is 250 g/mol. The lowest BCUT2D eigenvalue weighted by molar-refractivity contribution is 0.0978. The van der Waals surface area contributed by atoms with E-state index in [0.717, 1.165) is 5.56 Å². The third-order valence-electron chi connectivity index (χ3n) is 3.33. The molecule has 2 aromatic carbocycles. The third-order valence-corrected chi connectivity index (χ3v) is 3.33. The summed E-state index contributed by atoms with van der Waals surface area (Å²) >= 11 is 0. The van der Waals surface area contributed by atoms with Gasteiger partial charge >= 0.3 is 0 Å². The average Bonchev–Trinajstić information content (AvgIpc) is 2.44. The zero-order valence-electron chi connectivity index (χ0n) is 10.3. The van der Waals surface area contributed by atoms with Gasteiger partial charge in [-0.1, -0.05) is 23.8 Å². The Hall–Kier alpha value is -2.55. The molecule has 2 aromatic rings. The highest BCUT2D eigenvalue weighted by atomic mass is 16.1. The molecular weight excluding hydrogens is 240 g/mol. The van der Waals surface area contributed by atoms with Crippen molar-refractivity contribution in [3.8, 4) is 0 Å². The molecule has 3 rings (SSSR count). The van der Waals surface area contributed by atoms with E-state index in [9.17, 15) is 14.4 Å². The van der Waals surface area contributed by atoms with Crippen LogP contribution in [0, 0.1) is 6.92 Å². The summed E-state index contributed by atoms with van der Waals surface area (Å²) in [6.07, 6.45) is 0.670. The molecule has 3 nitrogen and oxygen atoms in total. The standard InChI is InChI=1S/C16H10O3/c1-9-2-4-11-13(6-9)16(19)14-7-10(8-17)3-5-12(14)15(11)18/h2-8H,1H3. The zero-order valence-corrected chi connectivity index (χ0v) is 10.3. The van der Waals surface area contributed by atoms with Gasteiger partial charge in [0.15, 0.2) is 11.6 Å². The van der Waals surface area contributed by atoms with Gasteiger partial charge in [-0.05, 0) is 25.1 Å². The van der Waals surface area contributed by atoms with Gasteiger partial charge in [0.25, 0.3) is 0 Å². The molecule has 0 fully saturated rings. The van der Waals surface area contributed by atoms with Crippen LogP contribution in [-0.4, -0.2) is 17.9 Å². The lowest BCUT2D eigenvalue weighted by Gasteiger charge is -2.17. The summed E-state index contributed by atoms with van der Waals surface area (Å²) in [6, 6.07) is 9.79. The van der Waals surface area contributed by atoms with E-state index in [-0.39, 0.29) is 11.6 Å². The molecule has 92 valence electrons. The Labute approximate surface area is 109 Å². The van der Waals surface area contributed by atoms with Crippen LogP contribution < -0.4 is 0 Å². The number of hydrogen-bond donors (Lipinski definition) is 0. The molecule has 1 aliphatic carbocycles. The number of carbonyl (C=O) groups excluding carboxylic acids is 3. The smallest absolute Gasteiger partial charge is 0.194 e. The Morgan fingerprint density at radius 1 is 0.789 bits per heavy atom. The molecule has 0 N–H and O–H groups in total. The highest BCUT2D eigenvalue weighted by Gasteiger charge is 2.29. The largest absolute Gasteiger partial charge is 0.298 e. The van der Waals surface area contributed by atoms with Crippen LogP contribution in [0.5, 0.6) is 0 Å². The second-order valence-corrected chi connectivity index (χ2v) is 4.63. The van der Waals surface area contributed by atoms with E-state index in [1.807, 2.05) is 13.0 Å². The molecule has 3 heteroatoms. The predicted octanol–water partition coefficient (Wildman–Crippen LogP) is 2.58. The molecule has 0 amide bonds. The first-order chi connectivity index (χ1) is 9.11. The maximum absolute atomic E-state index is 12.4. The normalized spacial score (nSPS) is 12.9. The molecular formula is C16H10O3. The van der Waals surface area contributed by atoms with Gasteiger partial charge in [0.05, 0.1) is 0 Å². The van der Waals surface area contributed by atoms with Crippen molar-refractivity contribution in [2.45, 2.75) is 6.92 Å². The molecule has 19 heavy (non-hydrogen) atoms. The van der Waals surface area contributed by atoms with Crippen LogP contribution in [0.3, 0.4) is 0 Å². The minimum Gasteiger partial charge on any atom is -0.298 e. The number of benzene rings is 2. The summed E-state index contributed by atoms with van der Waals surface area (Å²) in [4.78, 5) is 35.5. The van der Waals surface area contributed by atoms with Crippen molar-refractivity contribution in [3.05, 3.63) is 69.8 Å². The first-order valence-corrected chi connectivity index (χ1v) is 5.91. The Morgan fingerprint density at radius 3 is 2.05 bits per heavy atom. The molecule has 0 heterocycles. The summed E-state index contributed by atoms with van der Waals surface area (Å²) in [5.74, 6) is -0.362. The SMILES string of the molecule is Cc1ccc2c(c1)C(=O)c1cc(C=O)ccc1C2=O. The van der Waals surface area contributed by atoms with E-state index in [4.69, 9.17) is 0 Å². The molecule has 0 aromatic heterocycles. The summed E-state index contributed by atoms with van der Waals surface area (Å²) in [7, 11) is 0. The summed E-state index contributed by atoms with van der Waals surface area (Å²) in [5.41, 5.74) is 2.85. The highest BCUT2D eigenvalue weighted by Crippen LogP contribution is 2.28. The van der Waals surface area contributed by atoms with Gasteiger partial charge in [0, 0.05) is 27.8 Å². The monoisotopic (exact) mass is 250 g/mol. The fourth-order valence-corrected chi connectivity index (χ4v) is 2.36. The Balaban J connectivity index is 2.29. The third kappa shape index (κ3) is 1.63. The molecule has 0 saturated heterocycles.